The third-order valence-corrected chi connectivity index (χ3v) is 6.11. The van der Waals surface area contributed by atoms with Gasteiger partial charge in [0.05, 0.1) is 18.8 Å². The highest BCUT2D eigenvalue weighted by Gasteiger charge is 2.35. The van der Waals surface area contributed by atoms with E-state index in [0.29, 0.717) is 18.4 Å². The van der Waals surface area contributed by atoms with Gasteiger partial charge in [-0.25, -0.2) is 0 Å². The molecule has 3 aliphatic carbocycles. The van der Waals surface area contributed by atoms with E-state index in [1.165, 1.54) is 36.8 Å². The fraction of sp³-hybridized carbons (Fsp3) is 0.591. The molecule has 0 radical (unpaired) electrons. The highest BCUT2D eigenvalue weighted by atomic mass is 16.5. The highest BCUT2D eigenvalue weighted by Crippen LogP contribution is 2.48. The lowest BCUT2D eigenvalue weighted by atomic mass is 9.95. The standard InChI is InChI=1S/C22H27NO3/c24-16-9-11-17(12-10-16)25-13-20-21(23-26-22(20)15-7-8-15)19-4-2-1-3-18(19)14-5-6-14/h1-4,14-17,24H,5-13H2. The van der Waals surface area contributed by atoms with Gasteiger partial charge in [-0.2, -0.15) is 0 Å². The van der Waals surface area contributed by atoms with Crippen LogP contribution >= 0.6 is 0 Å². The van der Waals surface area contributed by atoms with Crippen LogP contribution in [0.1, 0.15) is 80.1 Å². The van der Waals surface area contributed by atoms with Crippen LogP contribution in [0.4, 0.5) is 0 Å². The SMILES string of the molecule is OC1CCC(OCc2c(-c3ccccc3C3CC3)noc2C2CC2)CC1. The summed E-state index contributed by atoms with van der Waals surface area (Å²) in [7, 11) is 0. The molecule has 0 spiro atoms. The number of aliphatic hydroxyl groups is 1. The third kappa shape index (κ3) is 3.33. The zero-order valence-corrected chi connectivity index (χ0v) is 15.2. The molecule has 4 nitrogen and oxygen atoms in total. The van der Waals surface area contributed by atoms with Crippen LogP contribution in [0.2, 0.25) is 0 Å². The minimum atomic E-state index is -0.145. The van der Waals surface area contributed by atoms with Gasteiger partial charge in [0, 0.05) is 17.0 Å². The Hall–Kier alpha value is -1.65. The summed E-state index contributed by atoms with van der Waals surface area (Å²) in [6.07, 6.45) is 8.63. The van der Waals surface area contributed by atoms with E-state index in [-0.39, 0.29) is 12.2 Å². The van der Waals surface area contributed by atoms with Crippen molar-refractivity contribution >= 4 is 0 Å². The van der Waals surface area contributed by atoms with Crippen molar-refractivity contribution in [3.05, 3.63) is 41.2 Å². The molecule has 4 heteroatoms. The van der Waals surface area contributed by atoms with Crippen LogP contribution in [0.25, 0.3) is 11.3 Å². The molecule has 0 atom stereocenters. The Labute approximate surface area is 154 Å². The van der Waals surface area contributed by atoms with E-state index in [4.69, 9.17) is 9.26 Å². The van der Waals surface area contributed by atoms with Gasteiger partial charge in [-0.1, -0.05) is 29.4 Å². The predicted octanol–water partition coefficient (Wildman–Crippen LogP) is 4.92. The van der Waals surface area contributed by atoms with E-state index in [1.54, 1.807) is 0 Å². The number of nitrogens with zero attached hydrogens (tertiary/aromatic N) is 1. The fourth-order valence-corrected chi connectivity index (χ4v) is 4.22. The number of hydrogen-bond donors (Lipinski definition) is 1. The average molecular weight is 353 g/mol. The summed E-state index contributed by atoms with van der Waals surface area (Å²) in [6.45, 7) is 0.574. The maximum Gasteiger partial charge on any atom is 0.145 e. The van der Waals surface area contributed by atoms with E-state index < -0.39 is 0 Å². The summed E-state index contributed by atoms with van der Waals surface area (Å²) in [5.41, 5.74) is 4.78. The molecule has 1 N–H and O–H groups in total. The first-order valence-corrected chi connectivity index (χ1v) is 10.2. The zero-order valence-electron chi connectivity index (χ0n) is 15.2. The molecular weight excluding hydrogens is 326 g/mol. The van der Waals surface area contributed by atoms with Gasteiger partial charge in [0.1, 0.15) is 11.5 Å². The topological polar surface area (TPSA) is 55.5 Å². The number of aliphatic hydroxyl groups excluding tert-OH is 1. The Morgan fingerprint density at radius 1 is 0.962 bits per heavy atom. The van der Waals surface area contributed by atoms with E-state index in [0.717, 1.165) is 42.7 Å². The van der Waals surface area contributed by atoms with Gasteiger partial charge in [0.2, 0.25) is 0 Å². The van der Waals surface area contributed by atoms with Crippen molar-refractivity contribution < 1.29 is 14.4 Å². The summed E-state index contributed by atoms with van der Waals surface area (Å²) in [6, 6.07) is 8.65. The monoisotopic (exact) mass is 353 g/mol. The van der Waals surface area contributed by atoms with Gasteiger partial charge in [0.25, 0.3) is 0 Å². The molecule has 2 aromatic rings. The summed E-state index contributed by atoms with van der Waals surface area (Å²) in [5.74, 6) is 2.25. The summed E-state index contributed by atoms with van der Waals surface area (Å²) in [5, 5.41) is 14.2. The number of hydrogen-bond acceptors (Lipinski definition) is 4. The fourth-order valence-electron chi connectivity index (χ4n) is 4.22. The Balaban J connectivity index is 1.42. The second-order valence-electron chi connectivity index (χ2n) is 8.25. The molecule has 26 heavy (non-hydrogen) atoms. The molecule has 138 valence electrons. The first-order valence-electron chi connectivity index (χ1n) is 10.2. The van der Waals surface area contributed by atoms with Crippen molar-refractivity contribution in [3.63, 3.8) is 0 Å². The molecule has 5 rings (SSSR count). The zero-order chi connectivity index (χ0) is 17.5. The Morgan fingerprint density at radius 2 is 1.69 bits per heavy atom. The van der Waals surface area contributed by atoms with Gasteiger partial charge >= 0.3 is 0 Å². The van der Waals surface area contributed by atoms with Gasteiger partial charge < -0.3 is 14.4 Å². The predicted molar refractivity (Wildman–Crippen MR) is 98.9 cm³/mol. The number of ether oxygens (including phenoxy) is 1. The minimum Gasteiger partial charge on any atom is -0.393 e. The number of benzene rings is 1. The van der Waals surface area contributed by atoms with Gasteiger partial charge in [0.15, 0.2) is 0 Å². The molecular formula is C22H27NO3. The molecule has 0 amide bonds. The smallest absolute Gasteiger partial charge is 0.145 e. The maximum atomic E-state index is 9.70. The van der Waals surface area contributed by atoms with Gasteiger partial charge in [-0.05, 0) is 62.8 Å². The molecule has 1 aromatic heterocycles. The first kappa shape index (κ1) is 16.5. The van der Waals surface area contributed by atoms with E-state index in [2.05, 4.69) is 29.4 Å². The average Bonchev–Trinajstić information content (AvgIpc) is 3.59. The molecule has 3 aliphatic rings. The Kier molecular flexibility index (Phi) is 4.33. The summed E-state index contributed by atoms with van der Waals surface area (Å²) < 4.78 is 12.1. The van der Waals surface area contributed by atoms with Crippen molar-refractivity contribution in [3.8, 4) is 11.3 Å². The van der Waals surface area contributed by atoms with Crippen molar-refractivity contribution in [1.29, 1.82) is 0 Å². The van der Waals surface area contributed by atoms with Crippen LogP contribution in [0.5, 0.6) is 0 Å². The number of aromatic nitrogens is 1. The largest absolute Gasteiger partial charge is 0.393 e. The maximum absolute atomic E-state index is 9.70. The van der Waals surface area contributed by atoms with Crippen LogP contribution in [0.3, 0.4) is 0 Å². The second kappa shape index (κ2) is 6.82. The van der Waals surface area contributed by atoms with Crippen LogP contribution < -0.4 is 0 Å². The quantitative estimate of drug-likeness (QED) is 0.801. The molecule has 0 bridgehead atoms. The van der Waals surface area contributed by atoms with Crippen molar-refractivity contribution in [2.45, 2.75) is 82.0 Å². The van der Waals surface area contributed by atoms with E-state index in [9.17, 15) is 5.11 Å². The lowest BCUT2D eigenvalue weighted by molar-refractivity contribution is -0.0121. The summed E-state index contributed by atoms with van der Waals surface area (Å²) in [4.78, 5) is 0. The summed E-state index contributed by atoms with van der Waals surface area (Å²) >= 11 is 0. The Morgan fingerprint density at radius 3 is 2.42 bits per heavy atom. The van der Waals surface area contributed by atoms with Crippen LogP contribution in [-0.2, 0) is 11.3 Å². The number of rotatable bonds is 6. The second-order valence-corrected chi connectivity index (χ2v) is 8.25. The first-order chi connectivity index (χ1) is 12.8. The van der Waals surface area contributed by atoms with Crippen molar-refractivity contribution in [1.82, 2.24) is 5.16 Å². The van der Waals surface area contributed by atoms with Crippen molar-refractivity contribution in [2.75, 3.05) is 0 Å². The molecule has 0 saturated heterocycles. The van der Waals surface area contributed by atoms with Crippen LogP contribution in [0, 0.1) is 0 Å². The lowest BCUT2D eigenvalue weighted by Crippen LogP contribution is -2.24. The van der Waals surface area contributed by atoms with E-state index in [1.807, 2.05) is 0 Å². The van der Waals surface area contributed by atoms with Gasteiger partial charge in [-0.3, -0.25) is 0 Å². The van der Waals surface area contributed by atoms with Crippen LogP contribution in [0.15, 0.2) is 28.8 Å². The molecule has 3 saturated carbocycles. The normalized spacial score (nSPS) is 26.2. The van der Waals surface area contributed by atoms with Crippen LogP contribution in [-0.4, -0.2) is 22.5 Å². The minimum absolute atomic E-state index is 0.145. The highest BCUT2D eigenvalue weighted by molar-refractivity contribution is 5.68. The van der Waals surface area contributed by atoms with E-state index >= 15 is 0 Å². The van der Waals surface area contributed by atoms with Gasteiger partial charge in [-0.15, -0.1) is 0 Å². The lowest BCUT2D eigenvalue weighted by Gasteiger charge is -2.25. The molecule has 1 aromatic carbocycles. The van der Waals surface area contributed by atoms with Crippen molar-refractivity contribution in [2.24, 2.45) is 0 Å². The molecule has 3 fully saturated rings. The third-order valence-electron chi connectivity index (χ3n) is 6.11. The molecule has 0 aliphatic heterocycles. The molecule has 0 unspecified atom stereocenters. The Bertz CT molecular complexity index is 767. The molecule has 1 heterocycles.